The third-order valence-electron chi connectivity index (χ3n) is 3.53. The summed E-state index contributed by atoms with van der Waals surface area (Å²) in [4.78, 5) is 0. The van der Waals surface area contributed by atoms with Gasteiger partial charge in [-0.3, -0.25) is 0 Å². The topological polar surface area (TPSA) is 33.4 Å². The second kappa shape index (κ2) is 3.87. The summed E-state index contributed by atoms with van der Waals surface area (Å²) in [6.45, 7) is 0. The molecule has 0 aliphatic carbocycles. The molecule has 1 aromatic heterocycles. The Morgan fingerprint density at radius 3 is 2.58 bits per heavy atom. The van der Waals surface area contributed by atoms with Gasteiger partial charge in [0.05, 0.1) is 0 Å². The van der Waals surface area contributed by atoms with Crippen LogP contribution >= 0.6 is 0 Å². The normalized spacial score (nSPS) is 11.4. The van der Waals surface area contributed by atoms with E-state index in [1.807, 2.05) is 36.4 Å². The van der Waals surface area contributed by atoms with Crippen molar-refractivity contribution in [3.8, 4) is 0 Å². The lowest BCUT2D eigenvalue weighted by Gasteiger charge is -1.99. The van der Waals surface area contributed by atoms with Crippen LogP contribution in [0.15, 0.2) is 59.0 Å². The van der Waals surface area contributed by atoms with Crippen molar-refractivity contribution in [1.82, 2.24) is 0 Å². The Hall–Kier alpha value is -2.26. The van der Waals surface area contributed by atoms with E-state index < -0.39 is 0 Å². The Labute approximate surface area is 110 Å². The first-order chi connectivity index (χ1) is 9.36. The van der Waals surface area contributed by atoms with Gasteiger partial charge in [-0.05, 0) is 22.9 Å². The number of benzene rings is 3. The number of hydrogen-bond acceptors (Lipinski definition) is 2. The van der Waals surface area contributed by atoms with E-state index in [1.54, 1.807) is 0 Å². The Balaban J connectivity index is 2.27. The van der Waals surface area contributed by atoms with Gasteiger partial charge in [0.1, 0.15) is 11.2 Å². The molecule has 19 heavy (non-hydrogen) atoms. The van der Waals surface area contributed by atoms with Gasteiger partial charge >= 0.3 is 7.48 Å². The number of furan rings is 1. The van der Waals surface area contributed by atoms with E-state index in [9.17, 15) is 0 Å². The van der Waals surface area contributed by atoms with Gasteiger partial charge in [-0.2, -0.15) is 0 Å². The lowest BCUT2D eigenvalue weighted by Crippen LogP contribution is -2.11. The van der Waals surface area contributed by atoms with Crippen molar-refractivity contribution in [3.63, 3.8) is 0 Å². The van der Waals surface area contributed by atoms with Crippen molar-refractivity contribution >= 4 is 45.7 Å². The van der Waals surface area contributed by atoms with Crippen LogP contribution < -0.4 is 5.46 Å². The standard InChI is InChI=1S/C16H10BO2/c18-17-11-6-8-14-13(9-11)16-12-4-2-1-3-10(12)5-7-15(16)19-14/h1-9,18H. The zero-order valence-electron chi connectivity index (χ0n) is 10.1. The van der Waals surface area contributed by atoms with Crippen molar-refractivity contribution in [1.29, 1.82) is 0 Å². The molecule has 0 atom stereocenters. The van der Waals surface area contributed by atoms with Crippen LogP contribution in [0.4, 0.5) is 0 Å². The molecule has 0 spiro atoms. The van der Waals surface area contributed by atoms with E-state index in [-0.39, 0.29) is 0 Å². The molecule has 4 rings (SSSR count). The molecule has 0 aliphatic rings. The predicted molar refractivity (Wildman–Crippen MR) is 78.8 cm³/mol. The Kier molecular flexibility index (Phi) is 2.17. The number of hydrogen-bond donors (Lipinski definition) is 1. The molecule has 1 heterocycles. The Morgan fingerprint density at radius 1 is 0.842 bits per heavy atom. The maximum Gasteiger partial charge on any atom is 0.326 e. The van der Waals surface area contributed by atoms with Crippen LogP contribution in [0.5, 0.6) is 0 Å². The van der Waals surface area contributed by atoms with Gasteiger partial charge in [-0.1, -0.05) is 47.9 Å². The summed E-state index contributed by atoms with van der Waals surface area (Å²) in [5, 5.41) is 13.7. The van der Waals surface area contributed by atoms with E-state index in [2.05, 4.69) is 18.2 Å². The third-order valence-corrected chi connectivity index (χ3v) is 3.53. The van der Waals surface area contributed by atoms with Crippen LogP contribution in [0.2, 0.25) is 0 Å². The minimum absolute atomic E-state index is 0.781. The largest absolute Gasteiger partial charge is 0.456 e. The van der Waals surface area contributed by atoms with Gasteiger partial charge < -0.3 is 9.44 Å². The average Bonchev–Trinajstić information content (AvgIpc) is 2.85. The first-order valence-corrected chi connectivity index (χ1v) is 6.18. The van der Waals surface area contributed by atoms with E-state index in [4.69, 9.17) is 9.44 Å². The molecule has 3 aromatic carbocycles. The molecule has 2 nitrogen and oxygen atoms in total. The zero-order chi connectivity index (χ0) is 12.8. The summed E-state index contributed by atoms with van der Waals surface area (Å²) in [5.41, 5.74) is 2.50. The van der Waals surface area contributed by atoms with Crippen LogP contribution in [0.3, 0.4) is 0 Å². The zero-order valence-corrected chi connectivity index (χ0v) is 10.1. The van der Waals surface area contributed by atoms with Gasteiger partial charge in [0.2, 0.25) is 0 Å². The van der Waals surface area contributed by atoms with Crippen molar-refractivity contribution < 1.29 is 9.44 Å². The highest BCUT2D eigenvalue weighted by molar-refractivity contribution is 6.46. The molecule has 0 saturated carbocycles. The van der Waals surface area contributed by atoms with Crippen LogP contribution in [0, 0.1) is 0 Å². The van der Waals surface area contributed by atoms with E-state index in [1.165, 1.54) is 10.8 Å². The van der Waals surface area contributed by atoms with Crippen LogP contribution in [-0.4, -0.2) is 12.5 Å². The molecule has 0 fully saturated rings. The molecule has 0 bridgehead atoms. The van der Waals surface area contributed by atoms with Gasteiger partial charge in [0.25, 0.3) is 0 Å². The minimum Gasteiger partial charge on any atom is -0.456 e. The van der Waals surface area contributed by atoms with Crippen molar-refractivity contribution in [2.24, 2.45) is 0 Å². The molecule has 1 N–H and O–H groups in total. The van der Waals surface area contributed by atoms with Crippen molar-refractivity contribution in [2.45, 2.75) is 0 Å². The quantitative estimate of drug-likeness (QED) is 0.523. The summed E-state index contributed by atoms with van der Waals surface area (Å²) >= 11 is 0. The lowest BCUT2D eigenvalue weighted by molar-refractivity contribution is 0.615. The summed E-state index contributed by atoms with van der Waals surface area (Å²) in [6, 6.07) is 18.0. The highest BCUT2D eigenvalue weighted by Gasteiger charge is 2.10. The van der Waals surface area contributed by atoms with E-state index in [0.29, 0.717) is 0 Å². The Morgan fingerprint density at radius 2 is 1.68 bits per heavy atom. The van der Waals surface area contributed by atoms with Gasteiger partial charge in [-0.25, -0.2) is 0 Å². The highest BCUT2D eigenvalue weighted by Crippen LogP contribution is 2.33. The SMILES string of the molecule is O[B]c1ccc2oc3ccc4ccccc4c3c2c1. The number of rotatable bonds is 1. The maximum absolute atomic E-state index is 9.16. The molecule has 3 heteroatoms. The summed E-state index contributed by atoms with van der Waals surface area (Å²) in [6.07, 6.45) is 0. The summed E-state index contributed by atoms with van der Waals surface area (Å²) in [5.74, 6) is 0. The molecule has 1 radical (unpaired) electrons. The fraction of sp³-hybridized carbons (Fsp3) is 0. The first kappa shape index (κ1) is 10.6. The second-order valence-corrected chi connectivity index (χ2v) is 4.65. The highest BCUT2D eigenvalue weighted by atomic mass is 16.3. The molecular formula is C16H10BO2. The fourth-order valence-corrected chi connectivity index (χ4v) is 2.65. The second-order valence-electron chi connectivity index (χ2n) is 4.65. The molecular weight excluding hydrogens is 235 g/mol. The minimum atomic E-state index is 0.781. The lowest BCUT2D eigenvalue weighted by atomic mass is 9.87. The van der Waals surface area contributed by atoms with Crippen LogP contribution in [-0.2, 0) is 0 Å². The van der Waals surface area contributed by atoms with E-state index in [0.717, 1.165) is 34.9 Å². The molecule has 4 aromatic rings. The molecule has 0 amide bonds. The van der Waals surface area contributed by atoms with Crippen molar-refractivity contribution in [3.05, 3.63) is 54.6 Å². The molecule has 0 aliphatic heterocycles. The van der Waals surface area contributed by atoms with Crippen molar-refractivity contribution in [2.75, 3.05) is 0 Å². The molecule has 0 saturated heterocycles. The third kappa shape index (κ3) is 1.49. The first-order valence-electron chi connectivity index (χ1n) is 6.18. The molecule has 0 unspecified atom stereocenters. The number of fused-ring (bicyclic) bond motifs is 5. The van der Waals surface area contributed by atoms with Gasteiger partial charge in [0, 0.05) is 10.8 Å². The van der Waals surface area contributed by atoms with Gasteiger partial charge in [-0.15, -0.1) is 0 Å². The summed E-state index contributed by atoms with van der Waals surface area (Å²) < 4.78 is 5.86. The fourth-order valence-electron chi connectivity index (χ4n) is 2.65. The summed E-state index contributed by atoms with van der Waals surface area (Å²) in [7, 11) is 1.11. The monoisotopic (exact) mass is 245 g/mol. The van der Waals surface area contributed by atoms with E-state index >= 15 is 0 Å². The van der Waals surface area contributed by atoms with Crippen LogP contribution in [0.1, 0.15) is 0 Å². The molecule has 89 valence electrons. The smallest absolute Gasteiger partial charge is 0.326 e. The predicted octanol–water partition coefficient (Wildman–Crippen LogP) is 2.98. The Bertz CT molecular complexity index is 908. The van der Waals surface area contributed by atoms with Gasteiger partial charge in [0.15, 0.2) is 0 Å². The maximum atomic E-state index is 9.16. The van der Waals surface area contributed by atoms with Crippen LogP contribution in [0.25, 0.3) is 32.7 Å². The average molecular weight is 245 g/mol.